The molecule has 0 spiro atoms. The smallest absolute Gasteiger partial charge is 0.305 e. The van der Waals surface area contributed by atoms with Crippen LogP contribution >= 0.6 is 0 Å². The van der Waals surface area contributed by atoms with Gasteiger partial charge in [-0.15, -0.1) is 0 Å². The Morgan fingerprint density at radius 2 is 2.14 bits per heavy atom. The lowest BCUT2D eigenvalue weighted by molar-refractivity contribution is -0.136. The molecule has 0 aliphatic rings. The van der Waals surface area contributed by atoms with Crippen molar-refractivity contribution in [2.45, 2.75) is 13.3 Å². The van der Waals surface area contributed by atoms with Crippen molar-refractivity contribution in [1.82, 2.24) is 5.32 Å². The average Bonchev–Trinajstić information content (AvgIpc) is 2.41. The summed E-state index contributed by atoms with van der Waals surface area (Å²) in [5.41, 5.74) is 1.00. The number of carbonyl (C=O) groups is 2. The molecule has 0 unspecified atom stereocenters. The molecule has 7 nitrogen and oxygen atoms in total. The molecule has 0 heterocycles. The molecule has 1 aromatic carbocycles. The predicted octanol–water partition coefficient (Wildman–Crippen LogP) is 1.11. The molecule has 0 aromatic heterocycles. The third kappa shape index (κ3) is 5.24. The van der Waals surface area contributed by atoms with Crippen LogP contribution in [0.2, 0.25) is 0 Å². The SMILES string of the molecule is Cc1ccc(N/C=C(/C#N)C(=O)NCCC(=O)O)c(O)c1. The van der Waals surface area contributed by atoms with E-state index in [0.717, 1.165) is 11.8 Å². The first-order valence-electron chi connectivity index (χ1n) is 6.10. The number of aryl methyl sites for hydroxylation is 1. The molecule has 4 N–H and O–H groups in total. The van der Waals surface area contributed by atoms with Crippen molar-refractivity contribution in [2.24, 2.45) is 0 Å². The largest absolute Gasteiger partial charge is 0.506 e. The second-order valence-corrected chi connectivity index (χ2v) is 4.23. The highest BCUT2D eigenvalue weighted by Crippen LogP contribution is 2.23. The molecule has 110 valence electrons. The number of rotatable bonds is 6. The Bertz CT molecular complexity index is 617. The van der Waals surface area contributed by atoms with Crippen LogP contribution in [0, 0.1) is 18.3 Å². The van der Waals surface area contributed by atoms with Gasteiger partial charge in [-0.2, -0.15) is 5.26 Å². The molecule has 1 amide bonds. The second kappa shape index (κ2) is 7.55. The monoisotopic (exact) mass is 289 g/mol. The minimum atomic E-state index is -1.04. The van der Waals surface area contributed by atoms with E-state index in [1.54, 1.807) is 18.2 Å². The summed E-state index contributed by atoms with van der Waals surface area (Å²) >= 11 is 0. The van der Waals surface area contributed by atoms with Crippen LogP contribution in [0.1, 0.15) is 12.0 Å². The molecule has 0 bridgehead atoms. The number of phenolic OH excluding ortho intramolecular Hbond substituents is 1. The summed E-state index contributed by atoms with van der Waals surface area (Å²) in [6, 6.07) is 6.60. The zero-order valence-corrected chi connectivity index (χ0v) is 11.4. The number of benzene rings is 1. The first kappa shape index (κ1) is 16.0. The first-order valence-corrected chi connectivity index (χ1v) is 6.10. The Morgan fingerprint density at radius 3 is 2.71 bits per heavy atom. The molecule has 0 atom stereocenters. The number of amides is 1. The van der Waals surface area contributed by atoms with E-state index in [-0.39, 0.29) is 24.3 Å². The fraction of sp³-hybridized carbons (Fsp3) is 0.214. The number of hydrogen-bond acceptors (Lipinski definition) is 5. The number of carbonyl (C=O) groups excluding carboxylic acids is 1. The number of aromatic hydroxyl groups is 1. The molecule has 0 aliphatic carbocycles. The van der Waals surface area contributed by atoms with Gasteiger partial charge in [-0.25, -0.2) is 0 Å². The normalized spacial score (nSPS) is 10.6. The lowest BCUT2D eigenvalue weighted by atomic mass is 10.2. The number of phenols is 1. The maximum Gasteiger partial charge on any atom is 0.305 e. The standard InChI is InChI=1S/C14H15N3O4/c1-9-2-3-11(12(18)6-9)17-8-10(7-15)14(21)16-5-4-13(19)20/h2-3,6,8,17-18H,4-5H2,1H3,(H,16,21)(H,19,20)/b10-8-. The lowest BCUT2D eigenvalue weighted by Crippen LogP contribution is -2.27. The van der Waals surface area contributed by atoms with E-state index in [9.17, 15) is 14.7 Å². The summed E-state index contributed by atoms with van der Waals surface area (Å²) in [5.74, 6) is -1.73. The van der Waals surface area contributed by atoms with Gasteiger partial charge in [0.25, 0.3) is 5.91 Å². The predicted molar refractivity (Wildman–Crippen MR) is 75.4 cm³/mol. The number of nitriles is 1. The van der Waals surface area contributed by atoms with Gasteiger partial charge in [0.1, 0.15) is 17.4 Å². The van der Waals surface area contributed by atoms with E-state index in [4.69, 9.17) is 10.4 Å². The minimum absolute atomic E-state index is 0.00479. The third-order valence-corrected chi connectivity index (χ3v) is 2.51. The topological polar surface area (TPSA) is 122 Å². The summed E-state index contributed by atoms with van der Waals surface area (Å²) in [4.78, 5) is 21.9. The van der Waals surface area contributed by atoms with E-state index in [1.165, 1.54) is 6.07 Å². The van der Waals surface area contributed by atoms with Crippen LogP contribution in [-0.4, -0.2) is 28.6 Å². The maximum absolute atomic E-state index is 11.6. The molecule has 0 fully saturated rings. The fourth-order valence-electron chi connectivity index (χ4n) is 1.44. The Balaban J connectivity index is 2.69. The zero-order chi connectivity index (χ0) is 15.8. The quantitative estimate of drug-likeness (QED) is 0.353. The van der Waals surface area contributed by atoms with Crippen LogP contribution in [0.15, 0.2) is 30.0 Å². The molecule has 7 heteroatoms. The van der Waals surface area contributed by atoms with Crippen LogP contribution in [0.3, 0.4) is 0 Å². The first-order chi connectivity index (χ1) is 9.93. The van der Waals surface area contributed by atoms with E-state index >= 15 is 0 Å². The summed E-state index contributed by atoms with van der Waals surface area (Å²) < 4.78 is 0. The van der Waals surface area contributed by atoms with E-state index < -0.39 is 11.9 Å². The van der Waals surface area contributed by atoms with Gasteiger partial charge in [-0.1, -0.05) is 6.07 Å². The highest BCUT2D eigenvalue weighted by atomic mass is 16.4. The van der Waals surface area contributed by atoms with Crippen molar-refractivity contribution < 1.29 is 19.8 Å². The van der Waals surface area contributed by atoms with Gasteiger partial charge in [-0.05, 0) is 24.6 Å². The van der Waals surface area contributed by atoms with Crippen LogP contribution in [0.5, 0.6) is 5.75 Å². The van der Waals surface area contributed by atoms with Gasteiger partial charge in [0.2, 0.25) is 0 Å². The Labute approximate surface area is 121 Å². The van der Waals surface area contributed by atoms with Gasteiger partial charge in [0, 0.05) is 12.7 Å². The van der Waals surface area contributed by atoms with Gasteiger partial charge in [0.05, 0.1) is 12.1 Å². The third-order valence-electron chi connectivity index (χ3n) is 2.51. The molecule has 0 aliphatic heterocycles. The van der Waals surface area contributed by atoms with Crippen molar-refractivity contribution >= 4 is 17.6 Å². The Kier molecular flexibility index (Phi) is 5.77. The summed E-state index contributed by atoms with van der Waals surface area (Å²) in [7, 11) is 0. The van der Waals surface area contributed by atoms with E-state index in [0.29, 0.717) is 5.69 Å². The zero-order valence-electron chi connectivity index (χ0n) is 11.4. The van der Waals surface area contributed by atoms with Crippen molar-refractivity contribution in [1.29, 1.82) is 5.26 Å². The fourth-order valence-corrected chi connectivity index (χ4v) is 1.44. The van der Waals surface area contributed by atoms with Crippen LogP contribution in [0.25, 0.3) is 0 Å². The number of carboxylic acid groups (broad SMARTS) is 1. The number of aliphatic carboxylic acids is 1. The Morgan fingerprint density at radius 1 is 1.43 bits per heavy atom. The highest BCUT2D eigenvalue weighted by Gasteiger charge is 2.09. The molecule has 0 saturated carbocycles. The number of nitrogens with zero attached hydrogens (tertiary/aromatic N) is 1. The minimum Gasteiger partial charge on any atom is -0.506 e. The molecular formula is C14H15N3O4. The summed E-state index contributed by atoms with van der Waals surface area (Å²) in [6.07, 6.45) is 0.928. The average molecular weight is 289 g/mol. The van der Waals surface area contributed by atoms with E-state index in [1.807, 2.05) is 6.92 Å². The molecule has 1 aromatic rings. The van der Waals surface area contributed by atoms with Crippen LogP contribution in [0.4, 0.5) is 5.69 Å². The second-order valence-electron chi connectivity index (χ2n) is 4.23. The summed E-state index contributed by atoms with van der Waals surface area (Å²) in [6.45, 7) is 1.75. The van der Waals surface area contributed by atoms with Gasteiger partial charge < -0.3 is 20.8 Å². The van der Waals surface area contributed by atoms with Crippen molar-refractivity contribution in [3.8, 4) is 11.8 Å². The van der Waals surface area contributed by atoms with Crippen molar-refractivity contribution in [3.05, 3.63) is 35.5 Å². The number of hydrogen-bond donors (Lipinski definition) is 4. The van der Waals surface area contributed by atoms with E-state index in [2.05, 4.69) is 10.6 Å². The number of carboxylic acids is 1. The van der Waals surface area contributed by atoms with Crippen LogP contribution < -0.4 is 10.6 Å². The molecule has 21 heavy (non-hydrogen) atoms. The van der Waals surface area contributed by atoms with Crippen molar-refractivity contribution in [2.75, 3.05) is 11.9 Å². The molecule has 1 rings (SSSR count). The molecule has 0 saturated heterocycles. The number of nitrogens with one attached hydrogen (secondary N) is 2. The molecular weight excluding hydrogens is 274 g/mol. The van der Waals surface area contributed by atoms with Crippen molar-refractivity contribution in [3.63, 3.8) is 0 Å². The number of anilines is 1. The Hall–Kier alpha value is -3.01. The van der Waals surface area contributed by atoms with Crippen LogP contribution in [-0.2, 0) is 9.59 Å². The van der Waals surface area contributed by atoms with Gasteiger partial charge >= 0.3 is 5.97 Å². The lowest BCUT2D eigenvalue weighted by Gasteiger charge is -2.06. The van der Waals surface area contributed by atoms with Gasteiger partial charge in [-0.3, -0.25) is 9.59 Å². The summed E-state index contributed by atoms with van der Waals surface area (Å²) in [5, 5.41) is 32.0. The molecule has 0 radical (unpaired) electrons. The van der Waals surface area contributed by atoms with Gasteiger partial charge in [0.15, 0.2) is 0 Å². The maximum atomic E-state index is 11.6. The highest BCUT2D eigenvalue weighted by molar-refractivity contribution is 5.97.